The van der Waals surface area contributed by atoms with Crippen LogP contribution < -0.4 is 10.2 Å². The molecule has 1 aromatic carbocycles. The minimum atomic E-state index is -0.135. The number of hydrogen-bond acceptors (Lipinski definition) is 6. The lowest BCUT2D eigenvalue weighted by atomic mass is 10.2. The Balaban J connectivity index is 1.26. The number of benzene rings is 1. The number of rotatable bonds is 8. The summed E-state index contributed by atoms with van der Waals surface area (Å²) >= 11 is 0. The third-order valence-electron chi connectivity index (χ3n) is 5.70. The highest BCUT2D eigenvalue weighted by atomic mass is 16.3. The van der Waals surface area contributed by atoms with Gasteiger partial charge in [0.15, 0.2) is 0 Å². The van der Waals surface area contributed by atoms with E-state index in [2.05, 4.69) is 66.3 Å². The van der Waals surface area contributed by atoms with Crippen LogP contribution in [0.1, 0.15) is 27.6 Å². The van der Waals surface area contributed by atoms with Gasteiger partial charge >= 0.3 is 0 Å². The number of carbonyl (C=O) groups excluding carboxylic acids is 1. The van der Waals surface area contributed by atoms with Crippen LogP contribution in [-0.4, -0.2) is 65.8 Å². The predicted molar refractivity (Wildman–Crippen MR) is 125 cm³/mol. The Morgan fingerprint density at radius 2 is 2.00 bits per heavy atom. The number of carbonyl (C=O) groups is 1. The van der Waals surface area contributed by atoms with Crippen molar-refractivity contribution < 1.29 is 9.21 Å². The van der Waals surface area contributed by atoms with Crippen LogP contribution in [0.4, 0.5) is 5.69 Å². The molecule has 4 rings (SSSR count). The van der Waals surface area contributed by atoms with Crippen LogP contribution in [0, 0.1) is 0 Å². The van der Waals surface area contributed by atoms with Crippen LogP contribution in [0.25, 0.3) is 6.08 Å². The van der Waals surface area contributed by atoms with Gasteiger partial charge in [0, 0.05) is 65.3 Å². The second-order valence-electron chi connectivity index (χ2n) is 8.14. The third-order valence-corrected chi connectivity index (χ3v) is 5.70. The van der Waals surface area contributed by atoms with Gasteiger partial charge in [-0.25, -0.2) is 0 Å². The lowest BCUT2D eigenvalue weighted by Gasteiger charge is -2.17. The standard InChI is InChI=1S/C24H30N6O2/c1-28(2)21-7-5-19(6-8-21)4-3-13-29-14-10-23-27-26-22(30(23)16-15-29)9-12-25-24(31)20-11-17-32-18-20/h3-8,11,17-18H,9-10,12-16H2,1-2H3,(H,25,31)/b4-3+. The maximum absolute atomic E-state index is 12.0. The summed E-state index contributed by atoms with van der Waals surface area (Å²) in [6, 6.07) is 10.2. The van der Waals surface area contributed by atoms with Gasteiger partial charge in [0.2, 0.25) is 0 Å². The minimum absolute atomic E-state index is 0.135. The molecule has 2 aromatic heterocycles. The zero-order valence-corrected chi connectivity index (χ0v) is 18.7. The van der Waals surface area contributed by atoms with E-state index >= 15 is 0 Å². The molecule has 1 aliphatic rings. The van der Waals surface area contributed by atoms with E-state index in [1.807, 2.05) is 14.1 Å². The molecule has 8 nitrogen and oxygen atoms in total. The Labute approximate surface area is 188 Å². The normalized spacial score (nSPS) is 14.3. The van der Waals surface area contributed by atoms with Crippen molar-refractivity contribution in [3.63, 3.8) is 0 Å². The monoisotopic (exact) mass is 434 g/mol. The van der Waals surface area contributed by atoms with Crippen LogP contribution in [0.5, 0.6) is 0 Å². The zero-order chi connectivity index (χ0) is 22.3. The number of anilines is 1. The van der Waals surface area contributed by atoms with Gasteiger partial charge in [-0.05, 0) is 23.8 Å². The van der Waals surface area contributed by atoms with E-state index in [1.165, 1.54) is 23.8 Å². The van der Waals surface area contributed by atoms with Crippen LogP contribution in [0.15, 0.2) is 53.4 Å². The molecular formula is C24H30N6O2. The van der Waals surface area contributed by atoms with Crippen molar-refractivity contribution in [3.05, 3.63) is 71.7 Å². The van der Waals surface area contributed by atoms with Crippen molar-refractivity contribution in [2.75, 3.05) is 45.2 Å². The highest BCUT2D eigenvalue weighted by molar-refractivity contribution is 5.93. The van der Waals surface area contributed by atoms with Crippen molar-refractivity contribution in [2.24, 2.45) is 0 Å². The third kappa shape index (κ3) is 5.45. The van der Waals surface area contributed by atoms with Gasteiger partial charge in [-0.15, -0.1) is 10.2 Å². The van der Waals surface area contributed by atoms with Crippen LogP contribution in [0.2, 0.25) is 0 Å². The molecule has 0 radical (unpaired) electrons. The summed E-state index contributed by atoms with van der Waals surface area (Å²) in [5.74, 6) is 1.81. The number of fused-ring (bicyclic) bond motifs is 1. The number of amides is 1. The molecule has 0 saturated carbocycles. The SMILES string of the molecule is CN(C)c1ccc(/C=C/CN2CCc3nnc(CCNC(=O)c4ccoc4)n3CC2)cc1. The fourth-order valence-corrected chi connectivity index (χ4v) is 3.80. The van der Waals surface area contributed by atoms with E-state index in [1.54, 1.807) is 6.07 Å². The second-order valence-corrected chi connectivity index (χ2v) is 8.14. The second kappa shape index (κ2) is 10.3. The molecule has 0 spiro atoms. The molecule has 1 amide bonds. The van der Waals surface area contributed by atoms with E-state index < -0.39 is 0 Å². The summed E-state index contributed by atoms with van der Waals surface area (Å²) in [5, 5.41) is 11.6. The van der Waals surface area contributed by atoms with E-state index in [0.717, 1.165) is 44.2 Å². The van der Waals surface area contributed by atoms with Gasteiger partial charge in [-0.1, -0.05) is 24.3 Å². The number of hydrogen-bond donors (Lipinski definition) is 1. The summed E-state index contributed by atoms with van der Waals surface area (Å²) < 4.78 is 7.16. The Morgan fingerprint density at radius 3 is 2.75 bits per heavy atom. The van der Waals surface area contributed by atoms with E-state index in [4.69, 9.17) is 4.42 Å². The van der Waals surface area contributed by atoms with E-state index in [0.29, 0.717) is 18.5 Å². The number of aromatic nitrogens is 3. The largest absolute Gasteiger partial charge is 0.472 e. The van der Waals surface area contributed by atoms with Crippen molar-refractivity contribution >= 4 is 17.7 Å². The summed E-state index contributed by atoms with van der Waals surface area (Å²) in [5.41, 5.74) is 2.94. The number of nitrogens with one attached hydrogen (secondary N) is 1. The molecule has 168 valence electrons. The first kappa shape index (κ1) is 21.8. The van der Waals surface area contributed by atoms with Gasteiger partial charge in [0.25, 0.3) is 5.91 Å². The maximum atomic E-state index is 12.0. The molecular weight excluding hydrogens is 404 g/mol. The lowest BCUT2D eigenvalue weighted by Crippen LogP contribution is -2.28. The Hall–Kier alpha value is -3.39. The van der Waals surface area contributed by atoms with Crippen LogP contribution >= 0.6 is 0 Å². The van der Waals surface area contributed by atoms with Gasteiger partial charge in [-0.2, -0.15) is 0 Å². The van der Waals surface area contributed by atoms with Gasteiger partial charge < -0.3 is 19.2 Å². The molecule has 1 N–H and O–H groups in total. The summed E-state index contributed by atoms with van der Waals surface area (Å²) in [6.07, 6.45) is 8.87. The Kier molecular flexibility index (Phi) is 7.01. The molecule has 3 heterocycles. The average molecular weight is 435 g/mol. The van der Waals surface area contributed by atoms with Crippen molar-refractivity contribution in [1.82, 2.24) is 25.0 Å². The van der Waals surface area contributed by atoms with Crippen LogP contribution in [-0.2, 0) is 19.4 Å². The molecule has 0 saturated heterocycles. The van der Waals surface area contributed by atoms with Crippen LogP contribution in [0.3, 0.4) is 0 Å². The first-order chi connectivity index (χ1) is 15.6. The molecule has 0 aliphatic carbocycles. The summed E-state index contributed by atoms with van der Waals surface area (Å²) in [6.45, 7) is 4.19. The fourth-order valence-electron chi connectivity index (χ4n) is 3.80. The van der Waals surface area contributed by atoms with Crippen molar-refractivity contribution in [3.8, 4) is 0 Å². The van der Waals surface area contributed by atoms with Gasteiger partial charge in [-0.3, -0.25) is 9.69 Å². The first-order valence-corrected chi connectivity index (χ1v) is 11.0. The Morgan fingerprint density at radius 1 is 1.16 bits per heavy atom. The summed E-state index contributed by atoms with van der Waals surface area (Å²) in [4.78, 5) is 16.6. The van der Waals surface area contributed by atoms with Crippen molar-refractivity contribution in [1.29, 1.82) is 0 Å². The number of nitrogens with zero attached hydrogens (tertiary/aromatic N) is 5. The highest BCUT2D eigenvalue weighted by Crippen LogP contribution is 2.14. The van der Waals surface area contributed by atoms with Gasteiger partial charge in [0.1, 0.15) is 17.9 Å². The Bertz CT molecular complexity index is 1040. The van der Waals surface area contributed by atoms with E-state index in [-0.39, 0.29) is 5.91 Å². The molecule has 8 heteroatoms. The minimum Gasteiger partial charge on any atom is -0.472 e. The van der Waals surface area contributed by atoms with Crippen molar-refractivity contribution in [2.45, 2.75) is 19.4 Å². The molecule has 32 heavy (non-hydrogen) atoms. The maximum Gasteiger partial charge on any atom is 0.254 e. The number of furan rings is 1. The highest BCUT2D eigenvalue weighted by Gasteiger charge is 2.18. The smallest absolute Gasteiger partial charge is 0.254 e. The quantitative estimate of drug-likeness (QED) is 0.587. The zero-order valence-electron chi connectivity index (χ0n) is 18.7. The topological polar surface area (TPSA) is 79.4 Å². The molecule has 0 bridgehead atoms. The van der Waals surface area contributed by atoms with E-state index in [9.17, 15) is 4.79 Å². The van der Waals surface area contributed by atoms with Gasteiger partial charge in [0.05, 0.1) is 11.8 Å². The first-order valence-electron chi connectivity index (χ1n) is 11.0. The molecule has 0 atom stereocenters. The molecule has 1 aliphatic heterocycles. The summed E-state index contributed by atoms with van der Waals surface area (Å²) in [7, 11) is 4.10. The average Bonchev–Trinajstić information content (AvgIpc) is 3.42. The lowest BCUT2D eigenvalue weighted by molar-refractivity contribution is 0.0953. The molecule has 0 unspecified atom stereocenters. The fraction of sp³-hybridized carbons (Fsp3) is 0.375. The molecule has 0 fully saturated rings. The molecule has 3 aromatic rings. The predicted octanol–water partition coefficient (Wildman–Crippen LogP) is 2.48.